The highest BCUT2D eigenvalue weighted by atomic mass is 35.5. The van der Waals surface area contributed by atoms with Crippen molar-refractivity contribution in [2.75, 3.05) is 6.61 Å². The Hall–Kier alpha value is -1.56. The second kappa shape index (κ2) is 4.03. The Labute approximate surface area is 100 Å². The minimum absolute atomic E-state index is 0.0769. The fourth-order valence-corrected chi connectivity index (χ4v) is 1.59. The van der Waals surface area contributed by atoms with Crippen LogP contribution in [0.5, 0.6) is 11.5 Å². The molecule has 0 spiro atoms. The summed E-state index contributed by atoms with van der Waals surface area (Å²) in [6.45, 7) is 1.70. The molecule has 0 radical (unpaired) electrons. The molecular formula is C10H7ClF2O4. The molecule has 0 atom stereocenters. The van der Waals surface area contributed by atoms with Crippen molar-refractivity contribution in [1.82, 2.24) is 0 Å². The van der Waals surface area contributed by atoms with Crippen molar-refractivity contribution in [2.24, 2.45) is 0 Å². The summed E-state index contributed by atoms with van der Waals surface area (Å²) in [5, 5.41) is 0.0769. The largest absolute Gasteiger partial charge is 0.586 e. The van der Waals surface area contributed by atoms with Crippen LogP contribution in [0.4, 0.5) is 8.78 Å². The number of rotatable bonds is 2. The number of carbonyl (C=O) groups excluding carboxylic acids is 1. The number of halogens is 3. The van der Waals surface area contributed by atoms with Crippen molar-refractivity contribution in [2.45, 2.75) is 13.2 Å². The molecule has 1 heterocycles. The minimum Gasteiger partial charge on any atom is -0.462 e. The van der Waals surface area contributed by atoms with Gasteiger partial charge in [-0.3, -0.25) is 0 Å². The van der Waals surface area contributed by atoms with E-state index in [9.17, 15) is 13.6 Å². The highest BCUT2D eigenvalue weighted by Gasteiger charge is 2.45. The SMILES string of the molecule is CCOC(=O)c1cc(Cl)cc2c1OC(F)(F)O2. The smallest absolute Gasteiger partial charge is 0.462 e. The van der Waals surface area contributed by atoms with Crippen molar-refractivity contribution >= 4 is 17.6 Å². The highest BCUT2D eigenvalue weighted by Crippen LogP contribution is 2.45. The summed E-state index contributed by atoms with van der Waals surface area (Å²) in [4.78, 5) is 11.5. The fourth-order valence-electron chi connectivity index (χ4n) is 1.38. The van der Waals surface area contributed by atoms with Crippen LogP contribution in [0.3, 0.4) is 0 Å². The van der Waals surface area contributed by atoms with Crippen molar-refractivity contribution in [3.63, 3.8) is 0 Å². The van der Waals surface area contributed by atoms with Gasteiger partial charge in [-0.15, -0.1) is 8.78 Å². The second-order valence-corrected chi connectivity index (χ2v) is 3.61. The first kappa shape index (κ1) is 11.9. The third-order valence-electron chi connectivity index (χ3n) is 1.96. The first-order valence-electron chi connectivity index (χ1n) is 4.69. The molecular weight excluding hydrogens is 258 g/mol. The van der Waals surface area contributed by atoms with E-state index in [4.69, 9.17) is 16.3 Å². The van der Waals surface area contributed by atoms with Gasteiger partial charge in [-0.2, -0.15) is 0 Å². The molecule has 0 aliphatic carbocycles. The van der Waals surface area contributed by atoms with Gasteiger partial charge in [-0.1, -0.05) is 11.6 Å². The average molecular weight is 265 g/mol. The van der Waals surface area contributed by atoms with Crippen LogP contribution < -0.4 is 9.47 Å². The number of alkyl halides is 2. The molecule has 1 aliphatic heterocycles. The van der Waals surface area contributed by atoms with E-state index in [0.29, 0.717) is 0 Å². The molecule has 0 N–H and O–H groups in total. The standard InChI is InChI=1S/C10H7ClF2O4/c1-2-15-9(14)6-3-5(11)4-7-8(6)17-10(12,13)16-7/h3-4H,2H2,1H3. The van der Waals surface area contributed by atoms with Crippen molar-refractivity contribution < 1.29 is 27.8 Å². The van der Waals surface area contributed by atoms with Crippen LogP contribution in [-0.4, -0.2) is 18.9 Å². The predicted octanol–water partition coefficient (Wildman–Crippen LogP) is 2.84. The topological polar surface area (TPSA) is 44.8 Å². The van der Waals surface area contributed by atoms with Crippen LogP contribution in [0.2, 0.25) is 5.02 Å². The maximum absolute atomic E-state index is 12.9. The van der Waals surface area contributed by atoms with Gasteiger partial charge in [0.05, 0.1) is 6.61 Å². The number of benzene rings is 1. The number of carbonyl (C=O) groups is 1. The number of fused-ring (bicyclic) bond motifs is 1. The van der Waals surface area contributed by atoms with E-state index in [0.717, 1.165) is 6.07 Å². The molecule has 0 bridgehead atoms. The summed E-state index contributed by atoms with van der Waals surface area (Å²) in [5.74, 6) is -1.45. The van der Waals surface area contributed by atoms with Crippen LogP contribution >= 0.6 is 11.6 Å². The lowest BCUT2D eigenvalue weighted by atomic mass is 10.2. The quantitative estimate of drug-likeness (QED) is 0.771. The Morgan fingerprint density at radius 1 is 1.47 bits per heavy atom. The molecule has 0 aromatic heterocycles. The lowest BCUT2D eigenvalue weighted by Gasteiger charge is -2.06. The van der Waals surface area contributed by atoms with Crippen molar-refractivity contribution in [1.29, 1.82) is 0 Å². The molecule has 1 aliphatic rings. The molecule has 1 aromatic carbocycles. The maximum Gasteiger partial charge on any atom is 0.586 e. The maximum atomic E-state index is 12.9. The first-order valence-corrected chi connectivity index (χ1v) is 5.07. The number of ether oxygens (including phenoxy) is 3. The van der Waals surface area contributed by atoms with Crippen LogP contribution in [0.25, 0.3) is 0 Å². The lowest BCUT2D eigenvalue weighted by Crippen LogP contribution is -2.26. The van der Waals surface area contributed by atoms with Gasteiger partial charge in [0.25, 0.3) is 0 Å². The van der Waals surface area contributed by atoms with Crippen molar-refractivity contribution in [3.8, 4) is 11.5 Å². The van der Waals surface area contributed by atoms with Crippen LogP contribution in [0, 0.1) is 0 Å². The van der Waals surface area contributed by atoms with Gasteiger partial charge >= 0.3 is 12.3 Å². The number of hydrogen-bond donors (Lipinski definition) is 0. The summed E-state index contributed by atoms with van der Waals surface area (Å²) in [5.41, 5.74) is -0.188. The normalized spacial score (nSPS) is 15.8. The fraction of sp³-hybridized carbons (Fsp3) is 0.300. The van der Waals surface area contributed by atoms with Crippen LogP contribution in [0.1, 0.15) is 17.3 Å². The zero-order valence-electron chi connectivity index (χ0n) is 8.63. The van der Waals surface area contributed by atoms with Gasteiger partial charge in [-0.05, 0) is 13.0 Å². The molecule has 0 saturated heterocycles. The third-order valence-corrected chi connectivity index (χ3v) is 2.18. The zero-order valence-corrected chi connectivity index (χ0v) is 9.38. The zero-order chi connectivity index (χ0) is 12.6. The van der Waals surface area contributed by atoms with E-state index in [1.54, 1.807) is 6.92 Å². The van der Waals surface area contributed by atoms with Gasteiger partial charge in [0.15, 0.2) is 11.5 Å². The first-order chi connectivity index (χ1) is 7.93. The van der Waals surface area contributed by atoms with E-state index in [-0.39, 0.29) is 28.7 Å². The molecule has 0 amide bonds. The highest BCUT2D eigenvalue weighted by molar-refractivity contribution is 6.31. The van der Waals surface area contributed by atoms with Gasteiger partial charge < -0.3 is 14.2 Å². The Bertz CT molecular complexity index is 476. The summed E-state index contributed by atoms with van der Waals surface area (Å²) in [6.07, 6.45) is -3.80. The summed E-state index contributed by atoms with van der Waals surface area (Å²) < 4.78 is 38.8. The second-order valence-electron chi connectivity index (χ2n) is 3.17. The van der Waals surface area contributed by atoms with Gasteiger partial charge in [-0.25, -0.2) is 4.79 Å². The monoisotopic (exact) mass is 264 g/mol. The molecule has 0 saturated carbocycles. The summed E-state index contributed by atoms with van der Waals surface area (Å²) >= 11 is 5.68. The van der Waals surface area contributed by atoms with Crippen molar-refractivity contribution in [3.05, 3.63) is 22.7 Å². The predicted molar refractivity (Wildman–Crippen MR) is 53.6 cm³/mol. The number of hydrogen-bond acceptors (Lipinski definition) is 4. The molecule has 0 unspecified atom stereocenters. The van der Waals surface area contributed by atoms with E-state index in [1.165, 1.54) is 6.07 Å². The molecule has 1 aromatic rings. The number of esters is 1. The van der Waals surface area contributed by atoms with Gasteiger partial charge in [0.2, 0.25) is 0 Å². The summed E-state index contributed by atoms with van der Waals surface area (Å²) in [7, 11) is 0. The Balaban J connectivity index is 2.45. The molecule has 17 heavy (non-hydrogen) atoms. The van der Waals surface area contributed by atoms with E-state index >= 15 is 0 Å². The lowest BCUT2D eigenvalue weighted by molar-refractivity contribution is -0.286. The van der Waals surface area contributed by atoms with Gasteiger partial charge in [0, 0.05) is 11.1 Å². The summed E-state index contributed by atoms with van der Waals surface area (Å²) in [6, 6.07) is 2.32. The van der Waals surface area contributed by atoms with E-state index < -0.39 is 12.3 Å². The van der Waals surface area contributed by atoms with Gasteiger partial charge in [0.1, 0.15) is 5.56 Å². The Morgan fingerprint density at radius 3 is 2.82 bits per heavy atom. The minimum atomic E-state index is -3.80. The molecule has 7 heteroatoms. The third kappa shape index (κ3) is 2.26. The molecule has 92 valence electrons. The van der Waals surface area contributed by atoms with E-state index in [1.807, 2.05) is 0 Å². The van der Waals surface area contributed by atoms with Crippen LogP contribution in [0.15, 0.2) is 12.1 Å². The Morgan fingerprint density at radius 2 is 2.18 bits per heavy atom. The molecule has 2 rings (SSSR count). The Kier molecular flexibility index (Phi) is 2.82. The van der Waals surface area contributed by atoms with E-state index in [2.05, 4.69) is 9.47 Å². The molecule has 4 nitrogen and oxygen atoms in total. The van der Waals surface area contributed by atoms with Crippen LogP contribution in [-0.2, 0) is 4.74 Å². The molecule has 0 fully saturated rings. The average Bonchev–Trinajstić information content (AvgIpc) is 2.51.